The van der Waals surface area contributed by atoms with E-state index in [4.69, 9.17) is 0 Å². The second-order valence-electron chi connectivity index (χ2n) is 4.57. The lowest BCUT2D eigenvalue weighted by atomic mass is 10.1. The van der Waals surface area contributed by atoms with E-state index in [-0.39, 0.29) is 25.0 Å². The highest BCUT2D eigenvalue weighted by atomic mass is 19.4. The van der Waals surface area contributed by atoms with Crippen molar-refractivity contribution in [1.82, 2.24) is 5.32 Å². The summed E-state index contributed by atoms with van der Waals surface area (Å²) >= 11 is 0. The zero-order chi connectivity index (χ0) is 16.0. The Kier molecular flexibility index (Phi) is 3.34. The van der Waals surface area contributed by atoms with Crippen LogP contribution in [0.25, 0.3) is 0 Å². The quantitative estimate of drug-likeness (QED) is 0.530. The molecule has 1 aromatic rings. The van der Waals surface area contributed by atoms with Gasteiger partial charge in [-0.25, -0.2) is 4.39 Å². The van der Waals surface area contributed by atoms with Gasteiger partial charge in [0.1, 0.15) is 11.4 Å². The molecule has 10 heteroatoms. The van der Waals surface area contributed by atoms with Gasteiger partial charge in [0.05, 0.1) is 16.6 Å². The lowest BCUT2D eigenvalue weighted by molar-refractivity contribution is -0.387. The number of alkyl halides is 3. The van der Waals surface area contributed by atoms with Crippen molar-refractivity contribution in [3.8, 4) is 0 Å². The number of benzene rings is 1. The van der Waals surface area contributed by atoms with Crippen molar-refractivity contribution in [2.24, 2.45) is 0 Å². The second-order valence-corrected chi connectivity index (χ2v) is 4.57. The molecule has 0 unspecified atom stereocenters. The largest absolute Gasteiger partial charge is 0.411 e. The van der Waals surface area contributed by atoms with Crippen LogP contribution >= 0.6 is 0 Å². The van der Waals surface area contributed by atoms with E-state index in [1.165, 1.54) is 0 Å². The van der Waals surface area contributed by atoms with Gasteiger partial charge in [-0.15, -0.1) is 0 Å². The van der Waals surface area contributed by atoms with Crippen molar-refractivity contribution < 1.29 is 31.7 Å². The fourth-order valence-electron chi connectivity index (χ4n) is 1.74. The van der Waals surface area contributed by atoms with Crippen LogP contribution in [0.3, 0.4) is 0 Å². The summed E-state index contributed by atoms with van der Waals surface area (Å²) in [6.45, 7) is 0. The maximum atomic E-state index is 13.5. The average molecular weight is 310 g/mol. The number of nitro groups is 1. The highest BCUT2D eigenvalue weighted by Gasteiger charge is 2.64. The number of nitrogens with zero attached hydrogens (tertiary/aromatic N) is 1. The maximum Gasteiger partial charge on any atom is 0.411 e. The Balaban J connectivity index is 2.29. The Morgan fingerprint density at radius 3 is 2.24 bits per heavy atom. The zero-order valence-corrected chi connectivity index (χ0v) is 10.1. The normalized spacial score (nSPS) is 16.4. The molecule has 0 bridgehead atoms. The van der Waals surface area contributed by atoms with Gasteiger partial charge in [0.25, 0.3) is 5.91 Å². The smallest absolute Gasteiger partial charge is 0.338 e. The van der Waals surface area contributed by atoms with E-state index in [0.29, 0.717) is 0 Å². The van der Waals surface area contributed by atoms with Crippen molar-refractivity contribution in [1.29, 1.82) is 0 Å². The maximum absolute atomic E-state index is 13.5. The molecule has 0 aromatic heterocycles. The molecule has 1 fully saturated rings. The van der Waals surface area contributed by atoms with Gasteiger partial charge in [-0.2, -0.15) is 17.6 Å². The molecule has 0 heterocycles. The van der Waals surface area contributed by atoms with Crippen LogP contribution in [0.1, 0.15) is 23.2 Å². The van der Waals surface area contributed by atoms with Crippen LogP contribution in [-0.4, -0.2) is 22.5 Å². The van der Waals surface area contributed by atoms with E-state index in [0.717, 1.165) is 0 Å². The number of rotatable bonds is 3. The van der Waals surface area contributed by atoms with Crippen LogP contribution in [0.5, 0.6) is 0 Å². The van der Waals surface area contributed by atoms with Crippen LogP contribution in [-0.2, 0) is 0 Å². The van der Waals surface area contributed by atoms with E-state index in [1.807, 2.05) is 0 Å². The summed E-state index contributed by atoms with van der Waals surface area (Å²) in [5, 5.41) is 12.0. The highest BCUT2D eigenvalue weighted by molar-refractivity contribution is 5.95. The Morgan fingerprint density at radius 2 is 1.81 bits per heavy atom. The Hall–Kier alpha value is -2.26. The third-order valence-electron chi connectivity index (χ3n) is 3.12. The summed E-state index contributed by atoms with van der Waals surface area (Å²) < 4.78 is 64.8. The molecule has 1 N–H and O–H groups in total. The minimum atomic E-state index is -4.71. The summed E-state index contributed by atoms with van der Waals surface area (Å²) in [4.78, 5) is 20.8. The molecule has 0 saturated heterocycles. The topological polar surface area (TPSA) is 72.2 Å². The number of nitro benzene ring substituents is 1. The summed E-state index contributed by atoms with van der Waals surface area (Å²) in [5.41, 5.74) is -4.66. The number of carbonyl (C=O) groups is 1. The Labute approximate surface area is 113 Å². The van der Waals surface area contributed by atoms with Gasteiger partial charge in [0.15, 0.2) is 0 Å². The Morgan fingerprint density at radius 1 is 1.24 bits per heavy atom. The molecule has 2 rings (SSSR count). The van der Waals surface area contributed by atoms with Gasteiger partial charge in [0.2, 0.25) is 5.82 Å². The van der Waals surface area contributed by atoms with Gasteiger partial charge in [0, 0.05) is 0 Å². The van der Waals surface area contributed by atoms with Crippen molar-refractivity contribution in [3.63, 3.8) is 0 Å². The molecule has 1 amide bonds. The first kappa shape index (κ1) is 15.1. The van der Waals surface area contributed by atoms with Crippen LogP contribution < -0.4 is 5.32 Å². The van der Waals surface area contributed by atoms with Crippen molar-refractivity contribution in [3.05, 3.63) is 39.4 Å². The third-order valence-corrected chi connectivity index (χ3v) is 3.12. The van der Waals surface area contributed by atoms with E-state index < -0.39 is 45.4 Å². The molecule has 1 aromatic carbocycles. The van der Waals surface area contributed by atoms with Crippen molar-refractivity contribution in [2.45, 2.75) is 24.6 Å². The van der Waals surface area contributed by atoms with E-state index in [1.54, 1.807) is 5.32 Å². The predicted octanol–water partition coefficient (Wildman–Crippen LogP) is 2.70. The number of hydrogen-bond donors (Lipinski definition) is 1. The molecule has 0 radical (unpaired) electrons. The van der Waals surface area contributed by atoms with Gasteiger partial charge >= 0.3 is 11.9 Å². The van der Waals surface area contributed by atoms with Crippen LogP contribution in [0, 0.1) is 21.7 Å². The molecule has 21 heavy (non-hydrogen) atoms. The molecular formula is C11H7F5N2O3. The SMILES string of the molecule is O=C(NC1(C(F)(F)F)CC1)c1cc(F)c([N+](=O)[O-])cc1F. The molecule has 0 aliphatic heterocycles. The number of carbonyl (C=O) groups excluding carboxylic acids is 1. The monoisotopic (exact) mass is 310 g/mol. The minimum Gasteiger partial charge on any atom is -0.338 e. The Bertz CT molecular complexity index is 625. The zero-order valence-electron chi connectivity index (χ0n) is 10.1. The van der Waals surface area contributed by atoms with Gasteiger partial charge < -0.3 is 5.32 Å². The van der Waals surface area contributed by atoms with E-state index in [2.05, 4.69) is 0 Å². The van der Waals surface area contributed by atoms with Crippen molar-refractivity contribution in [2.75, 3.05) is 0 Å². The third kappa shape index (κ3) is 2.65. The van der Waals surface area contributed by atoms with E-state index in [9.17, 15) is 36.9 Å². The molecule has 0 spiro atoms. The minimum absolute atomic E-state index is 0.150. The van der Waals surface area contributed by atoms with Crippen LogP contribution in [0.4, 0.5) is 27.6 Å². The summed E-state index contributed by atoms with van der Waals surface area (Å²) in [6.07, 6.45) is -5.43. The fourth-order valence-corrected chi connectivity index (χ4v) is 1.74. The number of nitrogens with one attached hydrogen (secondary N) is 1. The molecule has 1 aliphatic carbocycles. The van der Waals surface area contributed by atoms with Gasteiger partial charge in [-0.05, 0) is 18.9 Å². The van der Waals surface area contributed by atoms with Crippen LogP contribution in [0.15, 0.2) is 12.1 Å². The number of hydrogen-bond acceptors (Lipinski definition) is 3. The highest BCUT2D eigenvalue weighted by Crippen LogP contribution is 2.49. The first-order valence-corrected chi connectivity index (χ1v) is 5.60. The van der Waals surface area contributed by atoms with Gasteiger partial charge in [-0.3, -0.25) is 14.9 Å². The second kappa shape index (κ2) is 4.64. The van der Waals surface area contributed by atoms with Crippen LogP contribution in [0.2, 0.25) is 0 Å². The van der Waals surface area contributed by atoms with Gasteiger partial charge in [-0.1, -0.05) is 0 Å². The lowest BCUT2D eigenvalue weighted by Crippen LogP contribution is -2.48. The number of halogens is 5. The molecule has 5 nitrogen and oxygen atoms in total. The molecule has 114 valence electrons. The molecule has 1 saturated carbocycles. The first-order chi connectivity index (χ1) is 9.57. The first-order valence-electron chi connectivity index (χ1n) is 5.60. The fraction of sp³-hybridized carbons (Fsp3) is 0.364. The lowest BCUT2D eigenvalue weighted by Gasteiger charge is -2.20. The molecule has 0 atom stereocenters. The standard InChI is InChI=1S/C11H7F5N2O3/c12-6-4-8(18(20)21)7(13)3-5(6)9(19)17-10(1-2-10)11(14,15)16/h3-4H,1-2H2,(H,17,19). The summed E-state index contributed by atoms with van der Waals surface area (Å²) in [7, 11) is 0. The summed E-state index contributed by atoms with van der Waals surface area (Å²) in [5.74, 6) is -4.46. The average Bonchev–Trinajstić information content (AvgIpc) is 3.11. The van der Waals surface area contributed by atoms with Crippen molar-refractivity contribution >= 4 is 11.6 Å². The van der Waals surface area contributed by atoms with E-state index >= 15 is 0 Å². The predicted molar refractivity (Wildman–Crippen MR) is 58.5 cm³/mol. The summed E-state index contributed by atoms with van der Waals surface area (Å²) in [6, 6.07) is 0.354. The molecule has 1 aliphatic rings. The number of amides is 1. The molecular weight excluding hydrogens is 303 g/mol.